The van der Waals surface area contributed by atoms with Crippen molar-refractivity contribution >= 4 is 5.91 Å². The first-order chi connectivity index (χ1) is 6.86. The molecule has 1 amide bonds. The highest BCUT2D eigenvalue weighted by atomic mass is 16.1. The number of hydrogen-bond donors (Lipinski definition) is 1. The average Bonchev–Trinajstić information content (AvgIpc) is 2.16. The molecule has 0 saturated heterocycles. The molecule has 1 saturated carbocycles. The summed E-state index contributed by atoms with van der Waals surface area (Å²) in [6.07, 6.45) is 6.74. The number of nitrogens with zero attached hydrogens (tertiary/aromatic N) is 2. The normalized spacial score (nSPS) is 16.0. The summed E-state index contributed by atoms with van der Waals surface area (Å²) in [6, 6.07) is 1.62. The minimum atomic E-state index is -0.0979. The fraction of sp³-hybridized carbons (Fsp3) is 0.500. The smallest absolute Gasteiger partial charge is 0.270 e. The van der Waals surface area contributed by atoms with E-state index >= 15 is 0 Å². The first-order valence-electron chi connectivity index (χ1n) is 4.90. The number of carbonyl (C=O) groups is 1. The maximum Gasteiger partial charge on any atom is 0.270 e. The van der Waals surface area contributed by atoms with Crippen LogP contribution in [0.4, 0.5) is 0 Å². The van der Waals surface area contributed by atoms with Crippen molar-refractivity contribution in [2.45, 2.75) is 19.3 Å². The van der Waals surface area contributed by atoms with Crippen molar-refractivity contribution in [2.75, 3.05) is 6.54 Å². The molecule has 0 bridgehead atoms. The fourth-order valence-electron chi connectivity index (χ4n) is 1.45. The molecule has 1 N–H and O–H groups in total. The zero-order valence-corrected chi connectivity index (χ0v) is 7.94. The lowest BCUT2D eigenvalue weighted by Gasteiger charge is -2.25. The summed E-state index contributed by atoms with van der Waals surface area (Å²) in [5.74, 6) is 0.583. The van der Waals surface area contributed by atoms with Crippen LogP contribution in [0.2, 0.25) is 0 Å². The Morgan fingerprint density at radius 1 is 1.57 bits per heavy atom. The van der Waals surface area contributed by atoms with Crippen molar-refractivity contribution in [2.24, 2.45) is 5.92 Å². The molecule has 0 aromatic carbocycles. The van der Waals surface area contributed by atoms with Crippen LogP contribution in [0.3, 0.4) is 0 Å². The number of hydrogen-bond acceptors (Lipinski definition) is 3. The van der Waals surface area contributed by atoms with E-state index in [0.717, 1.165) is 6.54 Å². The number of nitrogens with one attached hydrogen (secondary N) is 1. The van der Waals surface area contributed by atoms with Crippen molar-refractivity contribution in [3.63, 3.8) is 0 Å². The molecule has 14 heavy (non-hydrogen) atoms. The molecule has 2 rings (SSSR count). The van der Waals surface area contributed by atoms with Crippen LogP contribution in [0.25, 0.3) is 0 Å². The Bertz CT molecular complexity index is 308. The van der Waals surface area contributed by atoms with Crippen LogP contribution in [0.5, 0.6) is 0 Å². The Balaban J connectivity index is 1.83. The Labute approximate surface area is 82.8 Å². The number of carbonyl (C=O) groups excluding carboxylic acids is 1. The third-order valence-corrected chi connectivity index (χ3v) is 2.59. The SMILES string of the molecule is O=C(NCC1CCC1)c1ccncn1. The van der Waals surface area contributed by atoms with E-state index < -0.39 is 0 Å². The molecule has 0 radical (unpaired) electrons. The third kappa shape index (κ3) is 2.07. The highest BCUT2D eigenvalue weighted by Crippen LogP contribution is 2.25. The number of aromatic nitrogens is 2. The lowest BCUT2D eigenvalue weighted by Crippen LogP contribution is -2.32. The van der Waals surface area contributed by atoms with Gasteiger partial charge in [0.1, 0.15) is 12.0 Å². The monoisotopic (exact) mass is 191 g/mol. The Morgan fingerprint density at radius 3 is 3.00 bits per heavy atom. The van der Waals surface area contributed by atoms with Gasteiger partial charge < -0.3 is 5.32 Å². The molecular weight excluding hydrogens is 178 g/mol. The van der Waals surface area contributed by atoms with Gasteiger partial charge >= 0.3 is 0 Å². The summed E-state index contributed by atoms with van der Waals surface area (Å²) in [5, 5.41) is 2.87. The van der Waals surface area contributed by atoms with E-state index in [4.69, 9.17) is 0 Å². The van der Waals surface area contributed by atoms with Gasteiger partial charge in [-0.05, 0) is 24.8 Å². The first kappa shape index (κ1) is 9.12. The van der Waals surface area contributed by atoms with Crippen LogP contribution in [0.15, 0.2) is 18.6 Å². The van der Waals surface area contributed by atoms with Gasteiger partial charge in [-0.1, -0.05) is 6.42 Å². The molecule has 4 nitrogen and oxygen atoms in total. The second-order valence-electron chi connectivity index (χ2n) is 3.60. The summed E-state index contributed by atoms with van der Waals surface area (Å²) in [7, 11) is 0. The van der Waals surface area contributed by atoms with E-state index in [1.807, 2.05) is 0 Å². The van der Waals surface area contributed by atoms with Crippen LogP contribution in [-0.4, -0.2) is 22.4 Å². The van der Waals surface area contributed by atoms with Crippen LogP contribution >= 0.6 is 0 Å². The first-order valence-corrected chi connectivity index (χ1v) is 4.90. The zero-order chi connectivity index (χ0) is 9.80. The molecule has 1 aliphatic rings. The summed E-state index contributed by atoms with van der Waals surface area (Å²) in [5.41, 5.74) is 0.444. The molecule has 0 atom stereocenters. The molecule has 0 spiro atoms. The van der Waals surface area contributed by atoms with E-state index in [-0.39, 0.29) is 5.91 Å². The molecule has 0 unspecified atom stereocenters. The van der Waals surface area contributed by atoms with E-state index in [1.165, 1.54) is 25.6 Å². The van der Waals surface area contributed by atoms with E-state index in [2.05, 4.69) is 15.3 Å². The van der Waals surface area contributed by atoms with Gasteiger partial charge in [0.05, 0.1) is 0 Å². The molecule has 1 aromatic rings. The maximum absolute atomic E-state index is 11.5. The summed E-state index contributed by atoms with van der Waals surface area (Å²) >= 11 is 0. The average molecular weight is 191 g/mol. The fourth-order valence-corrected chi connectivity index (χ4v) is 1.45. The predicted molar refractivity (Wildman–Crippen MR) is 51.7 cm³/mol. The van der Waals surface area contributed by atoms with Gasteiger partial charge in [-0.15, -0.1) is 0 Å². The van der Waals surface area contributed by atoms with E-state index in [1.54, 1.807) is 12.3 Å². The van der Waals surface area contributed by atoms with Gasteiger partial charge in [0.15, 0.2) is 0 Å². The third-order valence-electron chi connectivity index (χ3n) is 2.59. The highest BCUT2D eigenvalue weighted by molar-refractivity contribution is 5.91. The Hall–Kier alpha value is -1.45. The van der Waals surface area contributed by atoms with Gasteiger partial charge in [-0.2, -0.15) is 0 Å². The molecule has 1 fully saturated rings. The minimum Gasteiger partial charge on any atom is -0.350 e. The molecule has 0 aliphatic heterocycles. The largest absolute Gasteiger partial charge is 0.350 e. The summed E-state index contributed by atoms with van der Waals surface area (Å²) in [6.45, 7) is 0.781. The van der Waals surface area contributed by atoms with Gasteiger partial charge in [-0.3, -0.25) is 4.79 Å². The molecule has 4 heteroatoms. The number of rotatable bonds is 3. The molecule has 74 valence electrons. The standard InChI is InChI=1S/C10H13N3O/c14-10(9-4-5-11-7-13-9)12-6-8-2-1-3-8/h4-5,7-8H,1-3,6H2,(H,12,14). The van der Waals surface area contributed by atoms with Gasteiger partial charge in [0.2, 0.25) is 0 Å². The maximum atomic E-state index is 11.5. The molecule has 1 aliphatic carbocycles. The van der Waals surface area contributed by atoms with Crippen molar-refractivity contribution in [3.8, 4) is 0 Å². The quantitative estimate of drug-likeness (QED) is 0.775. The second kappa shape index (κ2) is 4.17. The van der Waals surface area contributed by atoms with Crippen molar-refractivity contribution in [1.29, 1.82) is 0 Å². The Morgan fingerprint density at radius 2 is 2.43 bits per heavy atom. The molecule has 1 aromatic heterocycles. The van der Waals surface area contributed by atoms with Crippen LogP contribution in [0.1, 0.15) is 29.8 Å². The van der Waals surface area contributed by atoms with E-state index in [0.29, 0.717) is 11.6 Å². The predicted octanol–water partition coefficient (Wildman–Crippen LogP) is 1.01. The minimum absolute atomic E-state index is 0.0979. The zero-order valence-electron chi connectivity index (χ0n) is 7.94. The van der Waals surface area contributed by atoms with Gasteiger partial charge in [0, 0.05) is 12.7 Å². The second-order valence-corrected chi connectivity index (χ2v) is 3.60. The van der Waals surface area contributed by atoms with Crippen LogP contribution < -0.4 is 5.32 Å². The molecule has 1 heterocycles. The van der Waals surface area contributed by atoms with Crippen LogP contribution in [-0.2, 0) is 0 Å². The topological polar surface area (TPSA) is 54.9 Å². The van der Waals surface area contributed by atoms with E-state index in [9.17, 15) is 4.79 Å². The lowest BCUT2D eigenvalue weighted by atomic mass is 9.85. The van der Waals surface area contributed by atoms with Gasteiger partial charge in [-0.25, -0.2) is 9.97 Å². The molecular formula is C10H13N3O. The van der Waals surface area contributed by atoms with Crippen LogP contribution in [0, 0.1) is 5.92 Å². The summed E-state index contributed by atoms with van der Waals surface area (Å²) in [4.78, 5) is 19.1. The Kier molecular flexibility index (Phi) is 2.72. The lowest BCUT2D eigenvalue weighted by molar-refractivity contribution is 0.0934. The van der Waals surface area contributed by atoms with Crippen molar-refractivity contribution in [1.82, 2.24) is 15.3 Å². The van der Waals surface area contributed by atoms with Gasteiger partial charge in [0.25, 0.3) is 5.91 Å². The number of amides is 1. The van der Waals surface area contributed by atoms with Crippen molar-refractivity contribution in [3.05, 3.63) is 24.3 Å². The summed E-state index contributed by atoms with van der Waals surface area (Å²) < 4.78 is 0. The highest BCUT2D eigenvalue weighted by Gasteiger charge is 2.18. The van der Waals surface area contributed by atoms with Crippen molar-refractivity contribution < 1.29 is 4.79 Å².